The topological polar surface area (TPSA) is 79.4 Å². The standard InChI is InChI=1S/C34H38N6O3/c1-2-18-38(34(43)35-22-26-12-5-3-6-13-26)39-25-31(41)40-30(39)24-37(33(42)32(40)28-15-7-4-8-16-28)23-27-14-11-17-29(21-27)36-19-9-10-20-36/h2-8,11-17,21,30,32H,1,9-10,18-20,22-25H2,(H,35,43)/t30-,32+/m1/s1. The van der Waals surface area contributed by atoms with Gasteiger partial charge in [-0.25, -0.2) is 4.79 Å². The van der Waals surface area contributed by atoms with E-state index in [0.29, 0.717) is 13.1 Å². The van der Waals surface area contributed by atoms with Crippen LogP contribution in [-0.4, -0.2) is 76.6 Å². The Hall–Kier alpha value is -4.63. The summed E-state index contributed by atoms with van der Waals surface area (Å²) in [5.41, 5.74) is 3.94. The number of amides is 4. The molecule has 222 valence electrons. The zero-order valence-electron chi connectivity index (χ0n) is 24.3. The zero-order valence-corrected chi connectivity index (χ0v) is 24.3. The summed E-state index contributed by atoms with van der Waals surface area (Å²) in [4.78, 5) is 47.2. The van der Waals surface area contributed by atoms with Gasteiger partial charge in [0.25, 0.3) is 5.91 Å². The number of carbonyl (C=O) groups is 3. The molecular formula is C34H38N6O3. The van der Waals surface area contributed by atoms with E-state index in [4.69, 9.17) is 0 Å². The first-order valence-electron chi connectivity index (χ1n) is 15.0. The van der Waals surface area contributed by atoms with Crippen molar-refractivity contribution >= 4 is 23.5 Å². The number of hydrazine groups is 1. The quantitative estimate of drug-likeness (QED) is 0.386. The molecule has 3 fully saturated rings. The highest BCUT2D eigenvalue weighted by atomic mass is 16.2. The van der Waals surface area contributed by atoms with Crippen LogP contribution in [0.3, 0.4) is 0 Å². The van der Waals surface area contributed by atoms with Gasteiger partial charge in [0, 0.05) is 31.9 Å². The minimum Gasteiger partial charge on any atom is -0.372 e. The maximum Gasteiger partial charge on any atom is 0.332 e. The summed E-state index contributed by atoms with van der Waals surface area (Å²) in [6.45, 7) is 7.22. The summed E-state index contributed by atoms with van der Waals surface area (Å²) < 4.78 is 0. The summed E-state index contributed by atoms with van der Waals surface area (Å²) in [7, 11) is 0. The average Bonchev–Trinajstić information content (AvgIpc) is 3.69. The van der Waals surface area contributed by atoms with E-state index in [1.807, 2.05) is 71.6 Å². The minimum absolute atomic E-state index is 0.00778. The Morgan fingerprint density at radius 3 is 2.35 bits per heavy atom. The lowest BCUT2D eigenvalue weighted by atomic mass is 10.00. The van der Waals surface area contributed by atoms with Crippen molar-refractivity contribution in [1.82, 2.24) is 25.1 Å². The maximum atomic E-state index is 14.1. The van der Waals surface area contributed by atoms with Gasteiger partial charge in [-0.15, -0.1) is 6.58 Å². The molecule has 4 amide bonds. The van der Waals surface area contributed by atoms with Crippen LogP contribution < -0.4 is 10.2 Å². The Labute approximate surface area is 252 Å². The fraction of sp³-hybridized carbons (Fsp3) is 0.324. The van der Waals surface area contributed by atoms with Crippen LogP contribution in [0.15, 0.2) is 97.6 Å². The van der Waals surface area contributed by atoms with E-state index < -0.39 is 12.2 Å². The molecule has 0 unspecified atom stereocenters. The molecule has 0 aliphatic carbocycles. The van der Waals surface area contributed by atoms with E-state index in [9.17, 15) is 14.4 Å². The Morgan fingerprint density at radius 1 is 0.930 bits per heavy atom. The third-order valence-corrected chi connectivity index (χ3v) is 8.46. The molecule has 3 aliphatic heterocycles. The number of fused-ring (bicyclic) bond motifs is 1. The first kappa shape index (κ1) is 28.5. The van der Waals surface area contributed by atoms with Crippen LogP contribution in [0.25, 0.3) is 0 Å². The van der Waals surface area contributed by atoms with Crippen molar-refractivity contribution in [3.63, 3.8) is 0 Å². The van der Waals surface area contributed by atoms with Crippen LogP contribution in [0.4, 0.5) is 10.5 Å². The molecule has 3 heterocycles. The molecule has 0 radical (unpaired) electrons. The first-order valence-corrected chi connectivity index (χ1v) is 15.0. The van der Waals surface area contributed by atoms with Crippen LogP contribution in [0.2, 0.25) is 0 Å². The normalized spacial score (nSPS) is 20.3. The lowest BCUT2D eigenvalue weighted by Gasteiger charge is -2.46. The van der Waals surface area contributed by atoms with E-state index in [0.717, 1.165) is 29.8 Å². The number of nitrogens with one attached hydrogen (secondary N) is 1. The second-order valence-electron chi connectivity index (χ2n) is 11.3. The van der Waals surface area contributed by atoms with E-state index >= 15 is 0 Å². The molecule has 3 aliphatic rings. The molecular weight excluding hydrogens is 540 g/mol. The van der Waals surface area contributed by atoms with Crippen LogP contribution in [0, 0.1) is 0 Å². The van der Waals surface area contributed by atoms with Gasteiger partial charge in [0.15, 0.2) is 0 Å². The summed E-state index contributed by atoms with van der Waals surface area (Å²) in [5.74, 6) is -0.305. The Kier molecular flexibility index (Phi) is 8.42. The van der Waals surface area contributed by atoms with Crippen molar-refractivity contribution in [2.75, 3.05) is 37.6 Å². The smallest absolute Gasteiger partial charge is 0.332 e. The van der Waals surface area contributed by atoms with Gasteiger partial charge >= 0.3 is 6.03 Å². The van der Waals surface area contributed by atoms with Crippen LogP contribution in [0.5, 0.6) is 0 Å². The number of hydrogen-bond acceptors (Lipinski definition) is 5. The monoisotopic (exact) mass is 578 g/mol. The second kappa shape index (κ2) is 12.7. The summed E-state index contributed by atoms with van der Waals surface area (Å²) >= 11 is 0. The van der Waals surface area contributed by atoms with Gasteiger partial charge in [-0.1, -0.05) is 78.9 Å². The molecule has 0 saturated carbocycles. The van der Waals surface area contributed by atoms with Gasteiger partial charge in [-0.2, -0.15) is 5.01 Å². The predicted molar refractivity (Wildman–Crippen MR) is 165 cm³/mol. The Morgan fingerprint density at radius 2 is 1.63 bits per heavy atom. The lowest BCUT2D eigenvalue weighted by Crippen LogP contribution is -2.62. The largest absolute Gasteiger partial charge is 0.372 e. The molecule has 2 atom stereocenters. The second-order valence-corrected chi connectivity index (χ2v) is 11.3. The number of hydrogen-bond donors (Lipinski definition) is 1. The van der Waals surface area contributed by atoms with Gasteiger partial charge in [0.2, 0.25) is 5.91 Å². The molecule has 43 heavy (non-hydrogen) atoms. The van der Waals surface area contributed by atoms with Crippen molar-refractivity contribution in [3.05, 3.63) is 114 Å². The van der Waals surface area contributed by atoms with E-state index in [-0.39, 0.29) is 37.5 Å². The first-order chi connectivity index (χ1) is 21.0. The molecule has 0 spiro atoms. The summed E-state index contributed by atoms with van der Waals surface area (Å²) in [5, 5.41) is 6.33. The average molecular weight is 579 g/mol. The van der Waals surface area contributed by atoms with Crippen molar-refractivity contribution in [2.45, 2.75) is 38.1 Å². The highest BCUT2D eigenvalue weighted by Gasteiger charge is 2.52. The SMILES string of the molecule is C=CCN(C(=O)NCc1ccccc1)N1CC(=O)N2[C@@H](c3ccccc3)C(=O)N(Cc3cccc(N4CCCC4)c3)C[C@@H]21. The molecule has 6 rings (SSSR count). The van der Waals surface area contributed by atoms with Crippen molar-refractivity contribution < 1.29 is 14.4 Å². The van der Waals surface area contributed by atoms with E-state index in [1.54, 1.807) is 21.0 Å². The van der Waals surface area contributed by atoms with Gasteiger partial charge in [-0.05, 0) is 41.7 Å². The minimum atomic E-state index is -0.780. The fourth-order valence-corrected chi connectivity index (χ4v) is 6.38. The molecule has 9 nitrogen and oxygen atoms in total. The third-order valence-electron chi connectivity index (χ3n) is 8.46. The Balaban J connectivity index is 1.29. The molecule has 3 aromatic rings. The van der Waals surface area contributed by atoms with Gasteiger partial charge < -0.3 is 20.0 Å². The number of benzene rings is 3. The molecule has 0 aromatic heterocycles. The van der Waals surface area contributed by atoms with Crippen LogP contribution in [-0.2, 0) is 22.7 Å². The number of rotatable bonds is 9. The number of nitrogens with zero attached hydrogens (tertiary/aromatic N) is 5. The van der Waals surface area contributed by atoms with Gasteiger partial charge in [0.05, 0.1) is 19.6 Å². The van der Waals surface area contributed by atoms with Gasteiger partial charge in [0.1, 0.15) is 12.2 Å². The van der Waals surface area contributed by atoms with E-state index in [1.165, 1.54) is 18.5 Å². The summed E-state index contributed by atoms with van der Waals surface area (Å²) in [6, 6.07) is 26.4. The number of piperazine rings is 1. The molecule has 1 N–H and O–H groups in total. The highest BCUT2D eigenvalue weighted by molar-refractivity contribution is 5.92. The molecule has 9 heteroatoms. The van der Waals surface area contributed by atoms with Crippen molar-refractivity contribution in [1.29, 1.82) is 0 Å². The summed E-state index contributed by atoms with van der Waals surface area (Å²) in [6.07, 6.45) is 3.52. The predicted octanol–water partition coefficient (Wildman–Crippen LogP) is 4.15. The number of anilines is 1. The molecule has 0 bridgehead atoms. The van der Waals surface area contributed by atoms with Gasteiger partial charge in [-0.3, -0.25) is 14.6 Å². The zero-order chi connectivity index (χ0) is 29.8. The number of urea groups is 1. The molecule has 3 aromatic carbocycles. The maximum absolute atomic E-state index is 14.1. The van der Waals surface area contributed by atoms with E-state index in [2.05, 4.69) is 35.0 Å². The third kappa shape index (κ3) is 5.99. The van der Waals surface area contributed by atoms with Crippen LogP contribution >= 0.6 is 0 Å². The highest BCUT2D eigenvalue weighted by Crippen LogP contribution is 2.36. The number of carbonyl (C=O) groups excluding carboxylic acids is 3. The molecule has 3 saturated heterocycles. The lowest BCUT2D eigenvalue weighted by molar-refractivity contribution is -0.158. The Bertz CT molecular complexity index is 1460. The van der Waals surface area contributed by atoms with Crippen molar-refractivity contribution in [2.24, 2.45) is 0 Å². The fourth-order valence-electron chi connectivity index (χ4n) is 6.38. The van der Waals surface area contributed by atoms with Crippen molar-refractivity contribution in [3.8, 4) is 0 Å². The van der Waals surface area contributed by atoms with Crippen LogP contribution in [0.1, 0.15) is 35.6 Å².